The highest BCUT2D eigenvalue weighted by atomic mass is 16.2. The molecule has 3 heteroatoms. The molecule has 2 rings (SSSR count). The van der Waals surface area contributed by atoms with Crippen LogP contribution in [0.1, 0.15) is 33.1 Å². The van der Waals surface area contributed by atoms with E-state index in [0.29, 0.717) is 0 Å². The van der Waals surface area contributed by atoms with Gasteiger partial charge in [0.25, 0.3) is 5.91 Å². The standard InChI is InChI=1S/C10H16N2O/c1-7-8(2)11-9-5-3-4-6-12(9)10(7)13/h9,11H,3-6H2,1-2H3. The third-order valence-electron chi connectivity index (χ3n) is 3.03. The highest BCUT2D eigenvalue weighted by Crippen LogP contribution is 2.23. The number of hydrogen-bond donors (Lipinski definition) is 1. The molecule has 0 aliphatic carbocycles. The molecule has 2 aliphatic rings. The van der Waals surface area contributed by atoms with Crippen LogP contribution in [0, 0.1) is 0 Å². The Balaban J connectivity index is 2.26. The lowest BCUT2D eigenvalue weighted by Crippen LogP contribution is -2.54. The molecule has 1 N–H and O–H groups in total. The Morgan fingerprint density at radius 2 is 2.15 bits per heavy atom. The molecule has 2 aliphatic heterocycles. The van der Waals surface area contributed by atoms with Crippen LogP contribution in [0.4, 0.5) is 0 Å². The van der Waals surface area contributed by atoms with Crippen molar-refractivity contribution in [3.8, 4) is 0 Å². The van der Waals surface area contributed by atoms with Crippen LogP contribution in [0.3, 0.4) is 0 Å². The van der Waals surface area contributed by atoms with E-state index < -0.39 is 0 Å². The van der Waals surface area contributed by atoms with Crippen molar-refractivity contribution in [2.45, 2.75) is 39.3 Å². The van der Waals surface area contributed by atoms with E-state index in [9.17, 15) is 4.79 Å². The van der Waals surface area contributed by atoms with Gasteiger partial charge in [-0.15, -0.1) is 0 Å². The lowest BCUT2D eigenvalue weighted by Gasteiger charge is -2.40. The molecule has 0 aromatic carbocycles. The van der Waals surface area contributed by atoms with E-state index >= 15 is 0 Å². The summed E-state index contributed by atoms with van der Waals surface area (Å²) in [5.41, 5.74) is 1.92. The third kappa shape index (κ3) is 1.32. The Hall–Kier alpha value is -0.990. The number of piperidine rings is 1. The van der Waals surface area contributed by atoms with Gasteiger partial charge < -0.3 is 10.2 Å². The summed E-state index contributed by atoms with van der Waals surface area (Å²) >= 11 is 0. The molecule has 72 valence electrons. The van der Waals surface area contributed by atoms with Crippen LogP contribution >= 0.6 is 0 Å². The Morgan fingerprint density at radius 3 is 2.92 bits per heavy atom. The van der Waals surface area contributed by atoms with Gasteiger partial charge in [-0.1, -0.05) is 0 Å². The van der Waals surface area contributed by atoms with E-state index in [0.717, 1.165) is 30.7 Å². The molecule has 0 aromatic rings. The van der Waals surface area contributed by atoms with Crippen LogP contribution < -0.4 is 5.32 Å². The van der Waals surface area contributed by atoms with Gasteiger partial charge in [-0.05, 0) is 33.1 Å². The predicted octanol–water partition coefficient (Wildman–Crippen LogP) is 1.22. The van der Waals surface area contributed by atoms with E-state index in [1.807, 2.05) is 18.7 Å². The molecule has 1 amide bonds. The molecule has 2 heterocycles. The van der Waals surface area contributed by atoms with Gasteiger partial charge in [-0.25, -0.2) is 0 Å². The molecule has 0 spiro atoms. The number of fused-ring (bicyclic) bond motifs is 1. The molecule has 0 saturated carbocycles. The van der Waals surface area contributed by atoms with Crippen molar-refractivity contribution in [1.29, 1.82) is 0 Å². The summed E-state index contributed by atoms with van der Waals surface area (Å²) in [6.45, 7) is 4.80. The number of carbonyl (C=O) groups is 1. The summed E-state index contributed by atoms with van der Waals surface area (Å²) in [6.07, 6.45) is 3.74. The summed E-state index contributed by atoms with van der Waals surface area (Å²) < 4.78 is 0. The molecule has 0 radical (unpaired) electrons. The van der Waals surface area contributed by atoms with Crippen molar-refractivity contribution in [1.82, 2.24) is 10.2 Å². The van der Waals surface area contributed by atoms with Crippen LogP contribution in [0.5, 0.6) is 0 Å². The zero-order valence-corrected chi connectivity index (χ0v) is 8.26. The summed E-state index contributed by atoms with van der Waals surface area (Å²) in [4.78, 5) is 13.8. The Morgan fingerprint density at radius 1 is 1.38 bits per heavy atom. The number of hydrogen-bond acceptors (Lipinski definition) is 2. The number of allylic oxidation sites excluding steroid dienone is 1. The van der Waals surface area contributed by atoms with Crippen LogP contribution in [0.25, 0.3) is 0 Å². The SMILES string of the molecule is CC1=C(C)C(=O)N2CCCCC2N1. The molecular weight excluding hydrogens is 164 g/mol. The summed E-state index contributed by atoms with van der Waals surface area (Å²) in [7, 11) is 0. The first kappa shape index (κ1) is 8.60. The van der Waals surface area contributed by atoms with Crippen LogP contribution in [-0.2, 0) is 4.79 Å². The Kier molecular flexibility index (Phi) is 2.02. The molecular formula is C10H16N2O. The number of nitrogens with one attached hydrogen (secondary N) is 1. The molecule has 1 saturated heterocycles. The average molecular weight is 180 g/mol. The largest absolute Gasteiger partial charge is 0.368 e. The number of rotatable bonds is 0. The highest BCUT2D eigenvalue weighted by molar-refractivity contribution is 5.94. The van der Waals surface area contributed by atoms with Gasteiger partial charge in [0.1, 0.15) is 6.17 Å². The zero-order chi connectivity index (χ0) is 9.42. The van der Waals surface area contributed by atoms with Crippen LogP contribution in [0.15, 0.2) is 11.3 Å². The van der Waals surface area contributed by atoms with Crippen LogP contribution in [0.2, 0.25) is 0 Å². The maximum atomic E-state index is 11.8. The molecule has 0 aromatic heterocycles. The Labute approximate surface area is 78.8 Å². The smallest absolute Gasteiger partial charge is 0.252 e. The van der Waals surface area contributed by atoms with Gasteiger partial charge in [-0.2, -0.15) is 0 Å². The van der Waals surface area contributed by atoms with Crippen molar-refractivity contribution < 1.29 is 4.79 Å². The monoisotopic (exact) mass is 180 g/mol. The summed E-state index contributed by atoms with van der Waals surface area (Å²) in [6, 6.07) is 0. The van der Waals surface area contributed by atoms with Gasteiger partial charge in [0, 0.05) is 17.8 Å². The maximum absolute atomic E-state index is 11.8. The normalized spacial score (nSPS) is 28.6. The minimum Gasteiger partial charge on any atom is -0.368 e. The second kappa shape index (κ2) is 3.05. The average Bonchev–Trinajstić information content (AvgIpc) is 2.15. The fraction of sp³-hybridized carbons (Fsp3) is 0.700. The number of carbonyl (C=O) groups excluding carboxylic acids is 1. The van der Waals surface area contributed by atoms with Crippen molar-refractivity contribution in [3.05, 3.63) is 11.3 Å². The van der Waals surface area contributed by atoms with Gasteiger partial charge >= 0.3 is 0 Å². The molecule has 13 heavy (non-hydrogen) atoms. The minimum atomic E-state index is 0.223. The fourth-order valence-electron chi connectivity index (χ4n) is 2.06. The third-order valence-corrected chi connectivity index (χ3v) is 3.03. The summed E-state index contributed by atoms with van der Waals surface area (Å²) in [5, 5.41) is 3.38. The van der Waals surface area contributed by atoms with Crippen molar-refractivity contribution >= 4 is 5.91 Å². The van der Waals surface area contributed by atoms with Gasteiger partial charge in [0.2, 0.25) is 0 Å². The van der Waals surface area contributed by atoms with Crippen molar-refractivity contribution in [2.75, 3.05) is 6.54 Å². The Bertz CT molecular complexity index is 270. The zero-order valence-electron chi connectivity index (χ0n) is 8.26. The lowest BCUT2D eigenvalue weighted by atomic mass is 10.0. The summed E-state index contributed by atoms with van der Waals surface area (Å²) in [5.74, 6) is 0.223. The van der Waals surface area contributed by atoms with E-state index in [1.165, 1.54) is 6.42 Å². The highest BCUT2D eigenvalue weighted by Gasteiger charge is 2.31. The fourth-order valence-corrected chi connectivity index (χ4v) is 2.06. The first-order valence-corrected chi connectivity index (χ1v) is 4.95. The van der Waals surface area contributed by atoms with Gasteiger partial charge in [-0.3, -0.25) is 4.79 Å². The predicted molar refractivity (Wildman–Crippen MR) is 50.9 cm³/mol. The molecule has 1 unspecified atom stereocenters. The maximum Gasteiger partial charge on any atom is 0.252 e. The van der Waals surface area contributed by atoms with Crippen LogP contribution in [-0.4, -0.2) is 23.5 Å². The minimum absolute atomic E-state index is 0.223. The molecule has 3 nitrogen and oxygen atoms in total. The van der Waals surface area contributed by atoms with E-state index in [-0.39, 0.29) is 12.1 Å². The number of amides is 1. The second-order valence-electron chi connectivity index (χ2n) is 3.90. The first-order valence-electron chi connectivity index (χ1n) is 4.95. The van der Waals surface area contributed by atoms with E-state index in [2.05, 4.69) is 5.32 Å². The lowest BCUT2D eigenvalue weighted by molar-refractivity contribution is -0.132. The quantitative estimate of drug-likeness (QED) is 0.608. The first-order chi connectivity index (χ1) is 6.20. The topological polar surface area (TPSA) is 32.3 Å². The van der Waals surface area contributed by atoms with Crippen molar-refractivity contribution in [3.63, 3.8) is 0 Å². The van der Waals surface area contributed by atoms with E-state index in [1.54, 1.807) is 0 Å². The molecule has 1 fully saturated rings. The second-order valence-corrected chi connectivity index (χ2v) is 3.90. The van der Waals surface area contributed by atoms with Gasteiger partial charge in [0.05, 0.1) is 0 Å². The number of nitrogens with zero attached hydrogens (tertiary/aromatic N) is 1. The molecule has 0 bridgehead atoms. The molecule has 1 atom stereocenters. The van der Waals surface area contributed by atoms with Crippen molar-refractivity contribution in [2.24, 2.45) is 0 Å². The van der Waals surface area contributed by atoms with E-state index in [4.69, 9.17) is 0 Å². The van der Waals surface area contributed by atoms with Gasteiger partial charge in [0.15, 0.2) is 0 Å².